The summed E-state index contributed by atoms with van der Waals surface area (Å²) in [6, 6.07) is 4.97. The summed E-state index contributed by atoms with van der Waals surface area (Å²) in [5.74, 6) is 0.994. The third-order valence-electron chi connectivity index (χ3n) is 4.02. The fraction of sp³-hybridized carbons (Fsp3) is 0.467. The summed E-state index contributed by atoms with van der Waals surface area (Å²) in [6.07, 6.45) is 4.55. The molecule has 0 saturated heterocycles. The molecule has 0 spiro atoms. The van der Waals surface area contributed by atoms with Crippen LogP contribution in [-0.4, -0.2) is 23.2 Å². The molecular weight excluding hydrogens is 337 g/mol. The van der Waals surface area contributed by atoms with Crippen LogP contribution in [0.25, 0.3) is 11.4 Å². The average molecular weight is 354 g/mol. The Bertz CT molecular complexity index is 611. The van der Waals surface area contributed by atoms with Gasteiger partial charge in [0.2, 0.25) is 11.7 Å². The van der Waals surface area contributed by atoms with Crippen molar-refractivity contribution in [3.63, 3.8) is 0 Å². The van der Waals surface area contributed by atoms with Crippen molar-refractivity contribution >= 4 is 15.9 Å². The van der Waals surface area contributed by atoms with Crippen molar-refractivity contribution < 1.29 is 8.91 Å². The zero-order chi connectivity index (χ0) is 14.8. The molecule has 0 radical (unpaired) electrons. The van der Waals surface area contributed by atoms with Gasteiger partial charge in [0.15, 0.2) is 0 Å². The van der Waals surface area contributed by atoms with E-state index in [1.54, 1.807) is 6.07 Å². The number of nitrogens with zero attached hydrogens (tertiary/aromatic N) is 2. The summed E-state index contributed by atoms with van der Waals surface area (Å²) in [5, 5.41) is 7.34. The van der Waals surface area contributed by atoms with Gasteiger partial charge in [0, 0.05) is 16.1 Å². The Hall–Kier alpha value is -1.27. The SMILES string of the molecule is CNC1CCCCC1c1nc(-c2cc(F)cc(Br)c2)no1. The van der Waals surface area contributed by atoms with Gasteiger partial charge in [-0.2, -0.15) is 4.98 Å². The van der Waals surface area contributed by atoms with Crippen LogP contribution in [0.15, 0.2) is 27.2 Å². The van der Waals surface area contributed by atoms with Gasteiger partial charge in [-0.05, 0) is 38.1 Å². The van der Waals surface area contributed by atoms with E-state index in [4.69, 9.17) is 4.52 Å². The number of benzene rings is 1. The number of rotatable bonds is 3. The molecule has 4 nitrogen and oxygen atoms in total. The van der Waals surface area contributed by atoms with Gasteiger partial charge in [-0.15, -0.1) is 0 Å². The van der Waals surface area contributed by atoms with Crippen LogP contribution in [0.5, 0.6) is 0 Å². The molecular formula is C15H17BrFN3O. The van der Waals surface area contributed by atoms with E-state index in [9.17, 15) is 4.39 Å². The second-order valence-corrected chi connectivity index (χ2v) is 6.32. The fourth-order valence-corrected chi connectivity index (χ4v) is 3.42. The van der Waals surface area contributed by atoms with E-state index in [2.05, 4.69) is 31.4 Å². The van der Waals surface area contributed by atoms with Crippen molar-refractivity contribution in [1.82, 2.24) is 15.5 Å². The summed E-state index contributed by atoms with van der Waals surface area (Å²) >= 11 is 3.28. The maximum atomic E-state index is 13.5. The molecule has 2 atom stereocenters. The Kier molecular flexibility index (Phi) is 4.35. The van der Waals surface area contributed by atoms with E-state index in [0.29, 0.717) is 27.8 Å². The average Bonchev–Trinajstić information content (AvgIpc) is 2.96. The number of halogens is 2. The molecule has 1 aromatic heterocycles. The second kappa shape index (κ2) is 6.23. The number of nitrogens with one attached hydrogen (secondary N) is 1. The molecule has 21 heavy (non-hydrogen) atoms. The minimum Gasteiger partial charge on any atom is -0.339 e. The second-order valence-electron chi connectivity index (χ2n) is 5.40. The number of hydrogen-bond donors (Lipinski definition) is 1. The van der Waals surface area contributed by atoms with Crippen molar-refractivity contribution in [2.75, 3.05) is 7.05 Å². The molecule has 3 rings (SSSR count). The number of aromatic nitrogens is 2. The van der Waals surface area contributed by atoms with Crippen LogP contribution in [0.1, 0.15) is 37.5 Å². The molecule has 0 bridgehead atoms. The normalized spacial score (nSPS) is 22.4. The van der Waals surface area contributed by atoms with Crippen molar-refractivity contribution in [2.24, 2.45) is 0 Å². The fourth-order valence-electron chi connectivity index (χ4n) is 2.96. The molecule has 0 amide bonds. The summed E-state index contributed by atoms with van der Waals surface area (Å²) in [7, 11) is 1.96. The smallest absolute Gasteiger partial charge is 0.231 e. The maximum Gasteiger partial charge on any atom is 0.231 e. The first-order chi connectivity index (χ1) is 10.2. The Labute approximate surface area is 131 Å². The van der Waals surface area contributed by atoms with E-state index in [-0.39, 0.29) is 11.7 Å². The molecule has 2 aromatic rings. The quantitative estimate of drug-likeness (QED) is 0.909. The van der Waals surface area contributed by atoms with Crippen LogP contribution in [0.3, 0.4) is 0 Å². The van der Waals surface area contributed by atoms with Crippen LogP contribution < -0.4 is 5.32 Å². The van der Waals surface area contributed by atoms with Crippen LogP contribution in [0, 0.1) is 5.82 Å². The van der Waals surface area contributed by atoms with Crippen molar-refractivity contribution in [2.45, 2.75) is 37.6 Å². The van der Waals surface area contributed by atoms with Gasteiger partial charge in [-0.1, -0.05) is 33.9 Å². The zero-order valence-electron chi connectivity index (χ0n) is 11.8. The Balaban J connectivity index is 1.88. The molecule has 1 aliphatic carbocycles. The van der Waals surface area contributed by atoms with Crippen LogP contribution in [0.4, 0.5) is 4.39 Å². The monoisotopic (exact) mass is 353 g/mol. The standard InChI is InChI=1S/C15H17BrFN3O/c1-18-13-5-3-2-4-12(13)15-19-14(20-21-15)9-6-10(16)8-11(17)7-9/h6-8,12-13,18H,2-5H2,1H3. The van der Waals surface area contributed by atoms with E-state index in [1.807, 2.05) is 7.05 Å². The molecule has 112 valence electrons. The number of hydrogen-bond acceptors (Lipinski definition) is 4. The Morgan fingerprint density at radius 3 is 2.86 bits per heavy atom. The van der Waals surface area contributed by atoms with Crippen molar-refractivity contribution in [1.29, 1.82) is 0 Å². The molecule has 1 fully saturated rings. The van der Waals surface area contributed by atoms with E-state index in [1.165, 1.54) is 25.0 Å². The molecule has 2 unspecified atom stereocenters. The minimum atomic E-state index is -0.323. The number of likely N-dealkylation sites (N-methyl/N-ethyl adjacent to an activating group) is 1. The Morgan fingerprint density at radius 1 is 1.29 bits per heavy atom. The topological polar surface area (TPSA) is 51.0 Å². The predicted octanol–water partition coefficient (Wildman–Crippen LogP) is 3.88. The highest BCUT2D eigenvalue weighted by molar-refractivity contribution is 9.10. The third-order valence-corrected chi connectivity index (χ3v) is 4.47. The lowest BCUT2D eigenvalue weighted by molar-refractivity contribution is 0.270. The van der Waals surface area contributed by atoms with Crippen LogP contribution in [-0.2, 0) is 0 Å². The van der Waals surface area contributed by atoms with Gasteiger partial charge in [0.25, 0.3) is 0 Å². The lowest BCUT2D eigenvalue weighted by Crippen LogP contribution is -2.34. The lowest BCUT2D eigenvalue weighted by atomic mass is 9.84. The minimum absolute atomic E-state index is 0.238. The molecule has 1 heterocycles. The van der Waals surface area contributed by atoms with Crippen molar-refractivity contribution in [3.05, 3.63) is 34.4 Å². The predicted molar refractivity (Wildman–Crippen MR) is 81.4 cm³/mol. The van der Waals surface area contributed by atoms with Gasteiger partial charge in [0.1, 0.15) is 5.82 Å². The summed E-state index contributed by atoms with van der Waals surface area (Å²) in [4.78, 5) is 4.48. The molecule has 1 N–H and O–H groups in total. The van der Waals surface area contributed by atoms with E-state index in [0.717, 1.165) is 12.8 Å². The van der Waals surface area contributed by atoms with Crippen LogP contribution in [0.2, 0.25) is 0 Å². The van der Waals surface area contributed by atoms with Gasteiger partial charge in [0.05, 0.1) is 5.92 Å². The van der Waals surface area contributed by atoms with Gasteiger partial charge >= 0.3 is 0 Å². The van der Waals surface area contributed by atoms with E-state index >= 15 is 0 Å². The maximum absolute atomic E-state index is 13.5. The summed E-state index contributed by atoms with van der Waals surface area (Å²) in [5.41, 5.74) is 0.619. The largest absolute Gasteiger partial charge is 0.339 e. The van der Waals surface area contributed by atoms with Crippen LogP contribution >= 0.6 is 15.9 Å². The zero-order valence-corrected chi connectivity index (χ0v) is 13.4. The first-order valence-corrected chi connectivity index (χ1v) is 7.94. The summed E-state index contributed by atoms with van der Waals surface area (Å²) < 4.78 is 19.6. The first-order valence-electron chi connectivity index (χ1n) is 7.14. The molecule has 6 heteroatoms. The highest BCUT2D eigenvalue weighted by atomic mass is 79.9. The third kappa shape index (κ3) is 3.16. The van der Waals surface area contributed by atoms with Gasteiger partial charge in [-0.25, -0.2) is 4.39 Å². The van der Waals surface area contributed by atoms with Crippen molar-refractivity contribution in [3.8, 4) is 11.4 Å². The highest BCUT2D eigenvalue weighted by Crippen LogP contribution is 2.33. The highest BCUT2D eigenvalue weighted by Gasteiger charge is 2.30. The Morgan fingerprint density at radius 2 is 2.10 bits per heavy atom. The van der Waals surface area contributed by atoms with E-state index < -0.39 is 0 Å². The molecule has 1 saturated carbocycles. The molecule has 1 aliphatic rings. The van der Waals surface area contributed by atoms with Gasteiger partial charge < -0.3 is 9.84 Å². The van der Waals surface area contributed by atoms with Gasteiger partial charge in [-0.3, -0.25) is 0 Å². The lowest BCUT2D eigenvalue weighted by Gasteiger charge is -2.28. The molecule has 1 aromatic carbocycles. The summed E-state index contributed by atoms with van der Waals surface area (Å²) in [6.45, 7) is 0. The first kappa shape index (κ1) is 14.7. The molecule has 0 aliphatic heterocycles.